The van der Waals surface area contributed by atoms with Crippen molar-refractivity contribution in [3.8, 4) is 0 Å². The van der Waals surface area contributed by atoms with Crippen molar-refractivity contribution < 1.29 is 4.79 Å². The Kier molecular flexibility index (Phi) is 3.87. The smallest absolute Gasteiger partial charge is 0.227 e. The number of benzene rings is 1. The molecule has 2 heterocycles. The lowest BCUT2D eigenvalue weighted by Crippen LogP contribution is -2.15. The lowest BCUT2D eigenvalue weighted by atomic mass is 10.2. The van der Waals surface area contributed by atoms with Crippen molar-refractivity contribution >= 4 is 22.6 Å². The molecule has 0 bridgehead atoms. The SMILES string of the molecule is Cc1ccc2cnn(CCC(=O)Nc3cccc(C)n3)c2c1. The highest BCUT2D eigenvalue weighted by atomic mass is 16.1. The first kappa shape index (κ1) is 14.3. The van der Waals surface area contributed by atoms with Gasteiger partial charge < -0.3 is 5.32 Å². The van der Waals surface area contributed by atoms with E-state index < -0.39 is 0 Å². The summed E-state index contributed by atoms with van der Waals surface area (Å²) in [7, 11) is 0. The molecule has 0 fully saturated rings. The van der Waals surface area contributed by atoms with E-state index in [1.54, 1.807) is 6.07 Å². The molecule has 22 heavy (non-hydrogen) atoms. The number of nitrogens with one attached hydrogen (secondary N) is 1. The van der Waals surface area contributed by atoms with Gasteiger partial charge in [0.2, 0.25) is 5.91 Å². The molecular weight excluding hydrogens is 276 g/mol. The number of aryl methyl sites for hydroxylation is 3. The minimum atomic E-state index is -0.0607. The lowest BCUT2D eigenvalue weighted by molar-refractivity contribution is -0.116. The van der Waals surface area contributed by atoms with Crippen LogP contribution >= 0.6 is 0 Å². The maximum Gasteiger partial charge on any atom is 0.227 e. The Morgan fingerprint density at radius 1 is 1.23 bits per heavy atom. The van der Waals surface area contributed by atoms with E-state index in [0.29, 0.717) is 18.8 Å². The molecule has 0 radical (unpaired) electrons. The van der Waals surface area contributed by atoms with Crippen molar-refractivity contribution in [3.63, 3.8) is 0 Å². The van der Waals surface area contributed by atoms with Gasteiger partial charge in [0.05, 0.1) is 18.3 Å². The van der Waals surface area contributed by atoms with E-state index in [0.717, 1.165) is 16.6 Å². The molecule has 0 saturated carbocycles. The first-order valence-electron chi connectivity index (χ1n) is 7.27. The zero-order chi connectivity index (χ0) is 15.5. The number of rotatable bonds is 4. The Morgan fingerprint density at radius 3 is 2.91 bits per heavy atom. The van der Waals surface area contributed by atoms with Gasteiger partial charge in [-0.2, -0.15) is 5.10 Å². The summed E-state index contributed by atoms with van der Waals surface area (Å²) >= 11 is 0. The zero-order valence-corrected chi connectivity index (χ0v) is 12.7. The zero-order valence-electron chi connectivity index (χ0n) is 12.7. The first-order chi connectivity index (χ1) is 10.6. The van der Waals surface area contributed by atoms with E-state index in [9.17, 15) is 4.79 Å². The summed E-state index contributed by atoms with van der Waals surface area (Å²) in [5.74, 6) is 0.528. The van der Waals surface area contributed by atoms with Crippen molar-refractivity contribution in [2.24, 2.45) is 0 Å². The highest BCUT2D eigenvalue weighted by Gasteiger charge is 2.07. The number of hydrogen-bond acceptors (Lipinski definition) is 3. The quantitative estimate of drug-likeness (QED) is 0.804. The van der Waals surface area contributed by atoms with Crippen LogP contribution in [0.5, 0.6) is 0 Å². The second-order valence-electron chi connectivity index (χ2n) is 5.39. The number of aromatic nitrogens is 3. The van der Waals surface area contributed by atoms with Crippen LogP contribution in [0.25, 0.3) is 10.9 Å². The van der Waals surface area contributed by atoms with Gasteiger partial charge in [-0.05, 0) is 37.6 Å². The van der Waals surface area contributed by atoms with Gasteiger partial charge in [0.25, 0.3) is 0 Å². The van der Waals surface area contributed by atoms with Crippen LogP contribution in [0.2, 0.25) is 0 Å². The largest absolute Gasteiger partial charge is 0.311 e. The predicted molar refractivity (Wildman–Crippen MR) is 86.7 cm³/mol. The van der Waals surface area contributed by atoms with Crippen LogP contribution in [0, 0.1) is 13.8 Å². The number of nitrogens with zero attached hydrogens (tertiary/aromatic N) is 3. The number of carbonyl (C=O) groups excluding carboxylic acids is 1. The Labute approximate surface area is 129 Å². The molecule has 5 heteroatoms. The molecule has 1 aromatic carbocycles. The molecule has 0 saturated heterocycles. The van der Waals surface area contributed by atoms with Crippen LogP contribution in [0.15, 0.2) is 42.6 Å². The summed E-state index contributed by atoms with van der Waals surface area (Å²) in [4.78, 5) is 16.3. The Bertz CT molecular complexity index is 822. The monoisotopic (exact) mass is 294 g/mol. The number of fused-ring (bicyclic) bond motifs is 1. The maximum absolute atomic E-state index is 12.0. The van der Waals surface area contributed by atoms with E-state index in [4.69, 9.17) is 0 Å². The molecule has 2 aromatic heterocycles. The fourth-order valence-corrected chi connectivity index (χ4v) is 2.38. The fraction of sp³-hybridized carbons (Fsp3) is 0.235. The highest BCUT2D eigenvalue weighted by Crippen LogP contribution is 2.15. The summed E-state index contributed by atoms with van der Waals surface area (Å²) in [6.07, 6.45) is 2.19. The summed E-state index contributed by atoms with van der Waals surface area (Å²) in [6, 6.07) is 11.8. The molecule has 0 atom stereocenters. The molecule has 0 aliphatic carbocycles. The minimum Gasteiger partial charge on any atom is -0.311 e. The summed E-state index contributed by atoms with van der Waals surface area (Å²) in [5.41, 5.74) is 3.12. The van der Waals surface area contributed by atoms with Gasteiger partial charge in [0.15, 0.2) is 0 Å². The summed E-state index contributed by atoms with van der Waals surface area (Å²) in [6.45, 7) is 4.49. The van der Waals surface area contributed by atoms with Crippen molar-refractivity contribution in [1.82, 2.24) is 14.8 Å². The third-order valence-electron chi connectivity index (χ3n) is 3.51. The molecule has 1 N–H and O–H groups in total. The lowest BCUT2D eigenvalue weighted by Gasteiger charge is -2.06. The van der Waals surface area contributed by atoms with Crippen molar-refractivity contribution in [2.45, 2.75) is 26.8 Å². The van der Waals surface area contributed by atoms with E-state index in [2.05, 4.69) is 27.5 Å². The van der Waals surface area contributed by atoms with Crippen LogP contribution in [0.3, 0.4) is 0 Å². The highest BCUT2D eigenvalue weighted by molar-refractivity contribution is 5.89. The molecule has 0 spiro atoms. The van der Waals surface area contributed by atoms with Crippen LogP contribution < -0.4 is 5.32 Å². The number of amides is 1. The van der Waals surface area contributed by atoms with E-state index >= 15 is 0 Å². The molecule has 5 nitrogen and oxygen atoms in total. The van der Waals surface area contributed by atoms with E-state index in [1.807, 2.05) is 42.9 Å². The number of hydrogen-bond donors (Lipinski definition) is 1. The topological polar surface area (TPSA) is 59.8 Å². The van der Waals surface area contributed by atoms with Gasteiger partial charge in [0, 0.05) is 17.5 Å². The Balaban J connectivity index is 1.66. The molecule has 0 aliphatic heterocycles. The number of anilines is 1. The van der Waals surface area contributed by atoms with E-state index in [1.165, 1.54) is 5.56 Å². The van der Waals surface area contributed by atoms with Crippen LogP contribution in [-0.2, 0) is 11.3 Å². The molecule has 112 valence electrons. The van der Waals surface area contributed by atoms with Gasteiger partial charge >= 0.3 is 0 Å². The standard InChI is InChI=1S/C17H18N4O/c1-12-6-7-14-11-18-21(15(14)10-12)9-8-17(22)20-16-5-3-4-13(2)19-16/h3-7,10-11H,8-9H2,1-2H3,(H,19,20,22). The van der Waals surface area contributed by atoms with Crippen LogP contribution in [-0.4, -0.2) is 20.7 Å². The van der Waals surface area contributed by atoms with Gasteiger partial charge in [0.1, 0.15) is 5.82 Å². The third kappa shape index (κ3) is 3.14. The van der Waals surface area contributed by atoms with Crippen LogP contribution in [0.4, 0.5) is 5.82 Å². The average Bonchev–Trinajstić information content (AvgIpc) is 2.87. The molecule has 0 unspecified atom stereocenters. The van der Waals surface area contributed by atoms with Gasteiger partial charge in [-0.25, -0.2) is 4.98 Å². The number of pyridine rings is 1. The maximum atomic E-state index is 12.0. The van der Waals surface area contributed by atoms with Crippen molar-refractivity contribution in [3.05, 3.63) is 53.9 Å². The summed E-state index contributed by atoms with van der Waals surface area (Å²) in [5, 5.41) is 8.25. The number of carbonyl (C=O) groups is 1. The summed E-state index contributed by atoms with van der Waals surface area (Å²) < 4.78 is 1.87. The molecule has 0 aliphatic rings. The van der Waals surface area contributed by atoms with Crippen molar-refractivity contribution in [1.29, 1.82) is 0 Å². The molecule has 3 aromatic rings. The fourth-order valence-electron chi connectivity index (χ4n) is 2.38. The van der Waals surface area contributed by atoms with Crippen molar-refractivity contribution in [2.75, 3.05) is 5.32 Å². The second kappa shape index (κ2) is 5.97. The Morgan fingerprint density at radius 2 is 2.09 bits per heavy atom. The minimum absolute atomic E-state index is 0.0607. The first-order valence-corrected chi connectivity index (χ1v) is 7.27. The van der Waals surface area contributed by atoms with E-state index in [-0.39, 0.29) is 5.91 Å². The average molecular weight is 294 g/mol. The van der Waals surface area contributed by atoms with Gasteiger partial charge in [-0.15, -0.1) is 0 Å². The molecule has 3 rings (SSSR count). The molecular formula is C17H18N4O. The normalized spacial score (nSPS) is 10.8. The molecule has 1 amide bonds. The van der Waals surface area contributed by atoms with Crippen LogP contribution in [0.1, 0.15) is 17.7 Å². The predicted octanol–water partition coefficient (Wildman–Crippen LogP) is 3.08. The van der Waals surface area contributed by atoms with Gasteiger partial charge in [-0.1, -0.05) is 18.2 Å². The Hall–Kier alpha value is -2.69. The second-order valence-corrected chi connectivity index (χ2v) is 5.39. The third-order valence-corrected chi connectivity index (χ3v) is 3.51. The van der Waals surface area contributed by atoms with Gasteiger partial charge in [-0.3, -0.25) is 9.48 Å².